The first-order valence-corrected chi connectivity index (χ1v) is 9.03. The molecule has 0 aliphatic carbocycles. The quantitative estimate of drug-likeness (QED) is 0.623. The number of fused-ring (bicyclic) bond motifs is 1. The van der Waals surface area contributed by atoms with Crippen molar-refractivity contribution in [2.45, 2.75) is 44.7 Å². The average molecular weight is 323 g/mol. The fourth-order valence-electron chi connectivity index (χ4n) is 1.99. The zero-order valence-corrected chi connectivity index (χ0v) is 14.3. The van der Waals surface area contributed by atoms with Crippen LogP contribution in [0.3, 0.4) is 0 Å². The molecule has 0 unspecified atom stereocenters. The third-order valence-corrected chi connectivity index (χ3v) is 4.98. The standard InChI is InChI=1S/C15H21N3OS2/c1-10(2)4-5-11(3)18-13(19)8-21-15-12-6-7-20-14(12)16-9-17-15/h6-7,9-11H,4-5,8H2,1-3H3,(H,18,19)/t11-/m0/s1. The van der Waals surface area contributed by atoms with Crippen molar-refractivity contribution < 1.29 is 4.79 Å². The molecule has 2 heterocycles. The summed E-state index contributed by atoms with van der Waals surface area (Å²) in [6, 6.07) is 2.23. The van der Waals surface area contributed by atoms with E-state index in [4.69, 9.17) is 0 Å². The van der Waals surface area contributed by atoms with Crippen LogP contribution >= 0.6 is 23.1 Å². The van der Waals surface area contributed by atoms with Gasteiger partial charge in [-0.1, -0.05) is 25.6 Å². The number of rotatable bonds is 7. The molecule has 4 nitrogen and oxygen atoms in total. The zero-order chi connectivity index (χ0) is 15.2. The van der Waals surface area contributed by atoms with Crippen LogP contribution in [0, 0.1) is 5.92 Å². The average Bonchev–Trinajstić information content (AvgIpc) is 2.91. The van der Waals surface area contributed by atoms with E-state index in [0.29, 0.717) is 11.7 Å². The largest absolute Gasteiger partial charge is 0.353 e. The molecule has 2 rings (SSSR count). The predicted octanol–water partition coefficient (Wildman–Crippen LogP) is 3.72. The highest BCUT2D eigenvalue weighted by molar-refractivity contribution is 8.00. The molecule has 0 fully saturated rings. The first kappa shape index (κ1) is 16.2. The Morgan fingerprint density at radius 3 is 2.90 bits per heavy atom. The van der Waals surface area contributed by atoms with Gasteiger partial charge >= 0.3 is 0 Å². The van der Waals surface area contributed by atoms with Gasteiger partial charge in [0.1, 0.15) is 16.2 Å². The first-order valence-electron chi connectivity index (χ1n) is 7.16. The molecule has 0 spiro atoms. The summed E-state index contributed by atoms with van der Waals surface area (Å²) in [5.41, 5.74) is 0. The van der Waals surface area contributed by atoms with E-state index in [1.165, 1.54) is 11.8 Å². The van der Waals surface area contributed by atoms with E-state index in [1.54, 1.807) is 17.7 Å². The summed E-state index contributed by atoms with van der Waals surface area (Å²) in [5.74, 6) is 1.14. The Labute approximate surface area is 133 Å². The Hall–Kier alpha value is -1.14. The molecule has 0 aliphatic rings. The monoisotopic (exact) mass is 323 g/mol. The van der Waals surface area contributed by atoms with Crippen LogP contribution in [0.1, 0.15) is 33.6 Å². The molecule has 0 aliphatic heterocycles. The van der Waals surface area contributed by atoms with Gasteiger partial charge in [-0.25, -0.2) is 9.97 Å². The minimum atomic E-state index is 0.0678. The predicted molar refractivity (Wildman–Crippen MR) is 89.8 cm³/mol. The van der Waals surface area contributed by atoms with Gasteiger partial charge in [-0.2, -0.15) is 0 Å². The number of nitrogens with one attached hydrogen (secondary N) is 1. The molecule has 0 bridgehead atoms. The van der Waals surface area contributed by atoms with Gasteiger partial charge in [0, 0.05) is 11.4 Å². The van der Waals surface area contributed by atoms with Crippen LogP contribution in [0.15, 0.2) is 22.8 Å². The molecule has 1 N–H and O–H groups in total. The van der Waals surface area contributed by atoms with Gasteiger partial charge in [-0.05, 0) is 37.1 Å². The minimum Gasteiger partial charge on any atom is -0.353 e. The molecular weight excluding hydrogens is 302 g/mol. The summed E-state index contributed by atoms with van der Waals surface area (Å²) in [7, 11) is 0. The number of thiophene rings is 1. The second kappa shape index (κ2) is 7.75. The van der Waals surface area contributed by atoms with Crippen LogP contribution in [-0.4, -0.2) is 27.7 Å². The highest BCUT2D eigenvalue weighted by Crippen LogP contribution is 2.27. The number of thioether (sulfide) groups is 1. The molecule has 21 heavy (non-hydrogen) atoms. The van der Waals surface area contributed by atoms with Crippen molar-refractivity contribution in [2.24, 2.45) is 5.92 Å². The lowest BCUT2D eigenvalue weighted by Gasteiger charge is -2.14. The van der Waals surface area contributed by atoms with Crippen molar-refractivity contribution in [1.82, 2.24) is 15.3 Å². The number of aromatic nitrogens is 2. The molecule has 2 aromatic heterocycles. The molecule has 1 amide bonds. The van der Waals surface area contributed by atoms with E-state index >= 15 is 0 Å². The first-order chi connectivity index (χ1) is 10.1. The normalized spacial score (nSPS) is 12.8. The zero-order valence-electron chi connectivity index (χ0n) is 12.6. The molecular formula is C15H21N3OS2. The highest BCUT2D eigenvalue weighted by Gasteiger charge is 2.11. The Kier molecular flexibility index (Phi) is 5.99. The fourth-order valence-corrected chi connectivity index (χ4v) is 3.58. The molecule has 114 valence electrons. The Balaban J connectivity index is 1.82. The SMILES string of the molecule is CC(C)CC[C@H](C)NC(=O)CSc1ncnc2sccc12. The van der Waals surface area contributed by atoms with Gasteiger partial charge in [-0.3, -0.25) is 4.79 Å². The second-order valence-electron chi connectivity index (χ2n) is 5.55. The maximum atomic E-state index is 12.0. The van der Waals surface area contributed by atoms with Crippen LogP contribution in [0.5, 0.6) is 0 Å². The van der Waals surface area contributed by atoms with E-state index < -0.39 is 0 Å². The van der Waals surface area contributed by atoms with Gasteiger partial charge in [0.15, 0.2) is 0 Å². The number of carbonyl (C=O) groups is 1. The summed E-state index contributed by atoms with van der Waals surface area (Å²) in [4.78, 5) is 21.4. The lowest BCUT2D eigenvalue weighted by atomic mass is 10.0. The molecule has 1 atom stereocenters. The van der Waals surface area contributed by atoms with E-state index in [0.717, 1.165) is 28.1 Å². The van der Waals surface area contributed by atoms with Crippen LogP contribution in [0.2, 0.25) is 0 Å². The van der Waals surface area contributed by atoms with Crippen LogP contribution in [-0.2, 0) is 4.79 Å². The van der Waals surface area contributed by atoms with E-state index in [2.05, 4.69) is 36.1 Å². The Morgan fingerprint density at radius 1 is 1.33 bits per heavy atom. The fraction of sp³-hybridized carbons (Fsp3) is 0.533. The van der Waals surface area contributed by atoms with Crippen molar-refractivity contribution in [3.05, 3.63) is 17.8 Å². The van der Waals surface area contributed by atoms with Crippen molar-refractivity contribution in [1.29, 1.82) is 0 Å². The lowest BCUT2D eigenvalue weighted by Crippen LogP contribution is -2.34. The maximum Gasteiger partial charge on any atom is 0.230 e. The van der Waals surface area contributed by atoms with E-state index in [-0.39, 0.29) is 11.9 Å². The van der Waals surface area contributed by atoms with Crippen molar-refractivity contribution in [2.75, 3.05) is 5.75 Å². The van der Waals surface area contributed by atoms with Crippen LogP contribution in [0.4, 0.5) is 0 Å². The van der Waals surface area contributed by atoms with Crippen molar-refractivity contribution >= 4 is 39.2 Å². The topological polar surface area (TPSA) is 54.9 Å². The third-order valence-electron chi connectivity index (χ3n) is 3.15. The maximum absolute atomic E-state index is 12.0. The van der Waals surface area contributed by atoms with Gasteiger partial charge in [0.2, 0.25) is 5.91 Å². The van der Waals surface area contributed by atoms with Crippen molar-refractivity contribution in [3.63, 3.8) is 0 Å². The number of carbonyl (C=O) groups excluding carboxylic acids is 1. The Bertz CT molecular complexity index is 597. The van der Waals surface area contributed by atoms with Gasteiger partial charge < -0.3 is 5.32 Å². The summed E-state index contributed by atoms with van der Waals surface area (Å²) in [6.45, 7) is 6.46. The number of hydrogen-bond acceptors (Lipinski definition) is 5. The van der Waals surface area contributed by atoms with Gasteiger partial charge in [0.25, 0.3) is 0 Å². The molecule has 6 heteroatoms. The van der Waals surface area contributed by atoms with Crippen molar-refractivity contribution in [3.8, 4) is 0 Å². The summed E-state index contributed by atoms with van der Waals surface area (Å²) < 4.78 is 0. The third kappa shape index (κ3) is 4.97. The Morgan fingerprint density at radius 2 is 2.14 bits per heavy atom. The summed E-state index contributed by atoms with van der Waals surface area (Å²) in [5, 5.41) is 6.96. The molecule has 0 saturated heterocycles. The molecule has 0 saturated carbocycles. The molecule has 0 radical (unpaired) electrons. The van der Waals surface area contributed by atoms with Gasteiger partial charge in [-0.15, -0.1) is 11.3 Å². The highest BCUT2D eigenvalue weighted by atomic mass is 32.2. The molecule has 2 aromatic rings. The number of amides is 1. The van der Waals surface area contributed by atoms with Crippen LogP contribution < -0.4 is 5.32 Å². The summed E-state index contributed by atoms with van der Waals surface area (Å²) >= 11 is 3.06. The number of hydrogen-bond donors (Lipinski definition) is 1. The van der Waals surface area contributed by atoms with Gasteiger partial charge in [0.05, 0.1) is 5.75 Å². The molecule has 0 aromatic carbocycles. The lowest BCUT2D eigenvalue weighted by molar-refractivity contribution is -0.119. The smallest absolute Gasteiger partial charge is 0.230 e. The summed E-state index contributed by atoms with van der Waals surface area (Å²) in [6.07, 6.45) is 3.72. The van der Waals surface area contributed by atoms with E-state index in [1.807, 2.05) is 11.4 Å². The van der Waals surface area contributed by atoms with Crippen LogP contribution in [0.25, 0.3) is 10.2 Å². The minimum absolute atomic E-state index is 0.0678. The number of nitrogens with zero attached hydrogens (tertiary/aromatic N) is 2. The second-order valence-corrected chi connectivity index (χ2v) is 7.41. The van der Waals surface area contributed by atoms with E-state index in [9.17, 15) is 4.79 Å².